The third-order valence-electron chi connectivity index (χ3n) is 2.74. The average Bonchev–Trinajstić information content (AvgIpc) is 2.45. The van der Waals surface area contributed by atoms with Crippen LogP contribution in [-0.4, -0.2) is 11.8 Å². The summed E-state index contributed by atoms with van der Waals surface area (Å²) in [5.74, 6) is -1.47. The van der Waals surface area contributed by atoms with Crippen molar-refractivity contribution in [2.45, 2.75) is 6.92 Å². The van der Waals surface area contributed by atoms with Gasteiger partial charge in [-0.05, 0) is 71.5 Å². The number of aryl methyl sites for hydroxylation is 1. The number of halogens is 2. The van der Waals surface area contributed by atoms with Crippen molar-refractivity contribution in [2.75, 3.05) is 10.6 Å². The fourth-order valence-electron chi connectivity index (χ4n) is 1.58. The number of benzene rings is 2. The SMILES string of the molecule is Cc1ccc(NC(=O)C(=O)Nc2ccc(I)cc2)cc1Cl. The Morgan fingerprint density at radius 3 is 2.05 bits per heavy atom. The fourth-order valence-corrected chi connectivity index (χ4v) is 2.12. The summed E-state index contributed by atoms with van der Waals surface area (Å²) in [4.78, 5) is 23.6. The van der Waals surface area contributed by atoms with Gasteiger partial charge in [0.1, 0.15) is 0 Å². The molecule has 0 saturated heterocycles. The lowest BCUT2D eigenvalue weighted by molar-refractivity contribution is -0.132. The molecule has 108 valence electrons. The van der Waals surface area contributed by atoms with Crippen LogP contribution in [0.4, 0.5) is 11.4 Å². The lowest BCUT2D eigenvalue weighted by Crippen LogP contribution is -2.29. The van der Waals surface area contributed by atoms with Gasteiger partial charge in [0.2, 0.25) is 0 Å². The van der Waals surface area contributed by atoms with Crippen molar-refractivity contribution in [1.82, 2.24) is 0 Å². The van der Waals surface area contributed by atoms with E-state index in [4.69, 9.17) is 11.6 Å². The lowest BCUT2D eigenvalue weighted by atomic mass is 10.2. The van der Waals surface area contributed by atoms with Gasteiger partial charge >= 0.3 is 11.8 Å². The molecule has 2 aromatic carbocycles. The molecule has 0 aromatic heterocycles. The highest BCUT2D eigenvalue weighted by molar-refractivity contribution is 14.1. The summed E-state index contributed by atoms with van der Waals surface area (Å²) in [5, 5.41) is 5.57. The number of carbonyl (C=O) groups is 2. The van der Waals surface area contributed by atoms with Gasteiger partial charge in [0.15, 0.2) is 0 Å². The minimum absolute atomic E-state index is 0.480. The number of hydrogen-bond donors (Lipinski definition) is 2. The van der Waals surface area contributed by atoms with Crippen molar-refractivity contribution < 1.29 is 9.59 Å². The van der Waals surface area contributed by atoms with Crippen LogP contribution in [0.3, 0.4) is 0 Å². The molecule has 0 bridgehead atoms. The van der Waals surface area contributed by atoms with Crippen LogP contribution in [0.2, 0.25) is 5.02 Å². The van der Waals surface area contributed by atoms with Gasteiger partial charge in [-0.2, -0.15) is 0 Å². The molecule has 0 atom stereocenters. The Kier molecular flexibility index (Phi) is 5.19. The largest absolute Gasteiger partial charge is 0.318 e. The molecule has 0 aliphatic heterocycles. The summed E-state index contributed by atoms with van der Waals surface area (Å²) < 4.78 is 1.05. The van der Waals surface area contributed by atoms with Crippen molar-refractivity contribution in [3.8, 4) is 0 Å². The molecule has 0 heterocycles. The highest BCUT2D eigenvalue weighted by Gasteiger charge is 2.14. The Bertz CT molecular complexity index is 687. The molecule has 6 heteroatoms. The van der Waals surface area contributed by atoms with E-state index in [1.165, 1.54) is 0 Å². The second kappa shape index (κ2) is 6.91. The quantitative estimate of drug-likeness (QED) is 0.580. The normalized spacial score (nSPS) is 10.0. The first-order valence-electron chi connectivity index (χ1n) is 6.10. The van der Waals surface area contributed by atoms with E-state index < -0.39 is 11.8 Å². The maximum Gasteiger partial charge on any atom is 0.314 e. The smallest absolute Gasteiger partial charge is 0.314 e. The summed E-state index contributed by atoms with van der Waals surface area (Å²) in [6.45, 7) is 1.86. The zero-order valence-electron chi connectivity index (χ0n) is 11.1. The number of anilines is 2. The molecule has 0 aliphatic rings. The molecule has 0 aliphatic carbocycles. The van der Waals surface area contributed by atoms with E-state index in [1.807, 2.05) is 19.1 Å². The van der Waals surface area contributed by atoms with Crippen molar-refractivity contribution in [3.63, 3.8) is 0 Å². The van der Waals surface area contributed by atoms with E-state index >= 15 is 0 Å². The second-order valence-electron chi connectivity index (χ2n) is 4.38. The van der Waals surface area contributed by atoms with Gasteiger partial charge in [0.25, 0.3) is 0 Å². The Morgan fingerprint density at radius 2 is 1.48 bits per heavy atom. The summed E-state index contributed by atoms with van der Waals surface area (Å²) in [7, 11) is 0. The zero-order chi connectivity index (χ0) is 15.4. The fraction of sp³-hybridized carbons (Fsp3) is 0.0667. The first kappa shape index (κ1) is 15.8. The molecule has 0 saturated carbocycles. The molecule has 2 rings (SSSR count). The van der Waals surface area contributed by atoms with E-state index in [2.05, 4.69) is 33.2 Å². The number of amides is 2. The van der Waals surface area contributed by atoms with Gasteiger partial charge < -0.3 is 10.6 Å². The van der Waals surface area contributed by atoms with Gasteiger partial charge in [-0.25, -0.2) is 0 Å². The van der Waals surface area contributed by atoms with Crippen molar-refractivity contribution in [1.29, 1.82) is 0 Å². The molecule has 0 unspecified atom stereocenters. The molecule has 0 radical (unpaired) electrons. The Hall–Kier alpha value is -1.60. The van der Waals surface area contributed by atoms with Crippen LogP contribution in [0, 0.1) is 10.5 Å². The van der Waals surface area contributed by atoms with Gasteiger partial charge in [0.05, 0.1) is 0 Å². The summed E-state index contributed by atoms with van der Waals surface area (Å²) >= 11 is 8.13. The molecule has 2 amide bonds. The van der Waals surface area contributed by atoms with Crippen LogP contribution in [-0.2, 0) is 9.59 Å². The van der Waals surface area contributed by atoms with E-state index in [1.54, 1.807) is 30.3 Å². The van der Waals surface area contributed by atoms with Crippen molar-refractivity contribution >= 4 is 57.4 Å². The minimum atomic E-state index is -0.742. The maximum atomic E-state index is 11.8. The van der Waals surface area contributed by atoms with Crippen LogP contribution in [0.1, 0.15) is 5.56 Å². The number of carbonyl (C=O) groups excluding carboxylic acids is 2. The molecule has 4 nitrogen and oxygen atoms in total. The van der Waals surface area contributed by atoms with Gasteiger partial charge in [0, 0.05) is 20.0 Å². The highest BCUT2D eigenvalue weighted by Crippen LogP contribution is 2.20. The molecule has 0 spiro atoms. The molecular weight excluding hydrogens is 403 g/mol. The molecule has 0 fully saturated rings. The predicted molar refractivity (Wildman–Crippen MR) is 92.6 cm³/mol. The number of nitrogens with one attached hydrogen (secondary N) is 2. The highest BCUT2D eigenvalue weighted by atomic mass is 127. The predicted octanol–water partition coefficient (Wildman–Crippen LogP) is 3.83. The van der Waals surface area contributed by atoms with Crippen LogP contribution in [0.25, 0.3) is 0 Å². The topological polar surface area (TPSA) is 58.2 Å². The summed E-state index contributed by atoms with van der Waals surface area (Å²) in [5.41, 5.74) is 1.95. The third-order valence-corrected chi connectivity index (χ3v) is 3.86. The van der Waals surface area contributed by atoms with Crippen LogP contribution < -0.4 is 10.6 Å². The first-order chi connectivity index (χ1) is 9.95. The monoisotopic (exact) mass is 414 g/mol. The van der Waals surface area contributed by atoms with Crippen LogP contribution in [0.15, 0.2) is 42.5 Å². The van der Waals surface area contributed by atoms with Crippen molar-refractivity contribution in [3.05, 3.63) is 56.6 Å². The second-order valence-corrected chi connectivity index (χ2v) is 6.03. The van der Waals surface area contributed by atoms with Gasteiger partial charge in [-0.15, -0.1) is 0 Å². The summed E-state index contributed by atoms with van der Waals surface area (Å²) in [6, 6.07) is 12.2. The van der Waals surface area contributed by atoms with Gasteiger partial charge in [-0.1, -0.05) is 17.7 Å². The first-order valence-corrected chi connectivity index (χ1v) is 7.55. The standard InChI is InChI=1S/C15H12ClIN2O2/c1-9-2-5-12(8-13(9)16)19-15(21)14(20)18-11-6-3-10(17)4-7-11/h2-8H,1H3,(H,18,20)(H,19,21). The van der Waals surface area contributed by atoms with E-state index in [-0.39, 0.29) is 0 Å². The van der Waals surface area contributed by atoms with E-state index in [0.717, 1.165) is 9.13 Å². The zero-order valence-corrected chi connectivity index (χ0v) is 14.0. The Morgan fingerprint density at radius 1 is 0.952 bits per heavy atom. The number of hydrogen-bond acceptors (Lipinski definition) is 2. The average molecular weight is 415 g/mol. The van der Waals surface area contributed by atoms with E-state index in [0.29, 0.717) is 16.4 Å². The summed E-state index contributed by atoms with van der Waals surface area (Å²) in [6.07, 6.45) is 0. The molecule has 2 N–H and O–H groups in total. The van der Waals surface area contributed by atoms with E-state index in [9.17, 15) is 9.59 Å². The molecular formula is C15H12ClIN2O2. The van der Waals surface area contributed by atoms with Gasteiger partial charge in [-0.3, -0.25) is 9.59 Å². The minimum Gasteiger partial charge on any atom is -0.318 e. The van der Waals surface area contributed by atoms with Crippen LogP contribution >= 0.6 is 34.2 Å². The number of rotatable bonds is 2. The Labute approximate surface area is 141 Å². The Balaban J connectivity index is 2.00. The lowest BCUT2D eigenvalue weighted by Gasteiger charge is -2.07. The van der Waals surface area contributed by atoms with Crippen molar-refractivity contribution in [2.24, 2.45) is 0 Å². The van der Waals surface area contributed by atoms with Crippen LogP contribution in [0.5, 0.6) is 0 Å². The maximum absolute atomic E-state index is 11.8. The third kappa shape index (κ3) is 4.44. The molecule has 21 heavy (non-hydrogen) atoms. The molecule has 2 aromatic rings.